The van der Waals surface area contributed by atoms with Crippen LogP contribution in [-0.2, 0) is 6.54 Å². The summed E-state index contributed by atoms with van der Waals surface area (Å²) in [5, 5.41) is 12.5. The Labute approximate surface area is 124 Å². The third kappa shape index (κ3) is 2.85. The molecule has 6 heteroatoms. The molecule has 1 heterocycles. The zero-order valence-corrected chi connectivity index (χ0v) is 12.2. The monoisotopic (exact) mass is 329 g/mol. The molecule has 0 bridgehead atoms. The van der Waals surface area contributed by atoms with Gasteiger partial charge in [-0.05, 0) is 35.0 Å². The van der Waals surface area contributed by atoms with Gasteiger partial charge in [-0.3, -0.25) is 0 Å². The van der Waals surface area contributed by atoms with Crippen LogP contribution in [0.5, 0.6) is 0 Å². The van der Waals surface area contributed by atoms with Gasteiger partial charge < -0.3 is 5.73 Å². The highest BCUT2D eigenvalue weighted by Gasteiger charge is 2.06. The van der Waals surface area contributed by atoms with Crippen LogP contribution in [0.2, 0.25) is 0 Å². The lowest BCUT2D eigenvalue weighted by Gasteiger charge is -2.00. The number of nitrogens with zero attached hydrogens (tertiary/aromatic N) is 4. The number of halogens is 1. The number of benzene rings is 2. The van der Waals surface area contributed by atoms with Crippen LogP contribution in [-0.4, -0.2) is 20.2 Å². The van der Waals surface area contributed by atoms with Gasteiger partial charge in [-0.25, -0.2) is 0 Å². The van der Waals surface area contributed by atoms with Crippen LogP contribution in [0, 0.1) is 0 Å². The van der Waals surface area contributed by atoms with Crippen molar-refractivity contribution in [2.45, 2.75) is 6.54 Å². The molecular formula is C14H12BrN5. The molecule has 0 saturated carbocycles. The second-order valence-electron chi connectivity index (χ2n) is 4.40. The number of hydrogen-bond donors (Lipinski definition) is 1. The van der Waals surface area contributed by atoms with Crippen LogP contribution in [0.3, 0.4) is 0 Å². The van der Waals surface area contributed by atoms with Gasteiger partial charge in [0.1, 0.15) is 0 Å². The SMILES string of the molecule is Nc1cccc(-c2nnn(Cc3cccc(Br)c3)n2)c1. The van der Waals surface area contributed by atoms with Gasteiger partial charge in [0.25, 0.3) is 0 Å². The van der Waals surface area contributed by atoms with Crippen LogP contribution in [0.1, 0.15) is 5.56 Å². The molecule has 0 radical (unpaired) electrons. The Morgan fingerprint density at radius 1 is 1.10 bits per heavy atom. The average molecular weight is 330 g/mol. The topological polar surface area (TPSA) is 69.6 Å². The van der Waals surface area contributed by atoms with Crippen molar-refractivity contribution in [1.29, 1.82) is 0 Å². The van der Waals surface area contributed by atoms with E-state index in [9.17, 15) is 0 Å². The summed E-state index contributed by atoms with van der Waals surface area (Å²) in [6, 6.07) is 15.5. The predicted octanol–water partition coefficient (Wildman–Crippen LogP) is 2.73. The molecule has 1 aromatic heterocycles. The third-order valence-electron chi connectivity index (χ3n) is 2.81. The number of hydrogen-bond acceptors (Lipinski definition) is 4. The fourth-order valence-electron chi connectivity index (χ4n) is 1.90. The molecule has 5 nitrogen and oxygen atoms in total. The first-order valence-corrected chi connectivity index (χ1v) is 6.88. The molecule has 2 aromatic carbocycles. The molecule has 0 spiro atoms. The molecule has 100 valence electrons. The van der Waals surface area contributed by atoms with Crippen molar-refractivity contribution in [3.63, 3.8) is 0 Å². The van der Waals surface area contributed by atoms with Crippen LogP contribution < -0.4 is 5.73 Å². The molecule has 0 aliphatic rings. The smallest absolute Gasteiger partial charge is 0.205 e. The minimum atomic E-state index is 0.576. The van der Waals surface area contributed by atoms with Crippen molar-refractivity contribution in [3.8, 4) is 11.4 Å². The van der Waals surface area contributed by atoms with Gasteiger partial charge in [-0.15, -0.1) is 10.2 Å². The molecule has 0 atom stereocenters. The minimum Gasteiger partial charge on any atom is -0.399 e. The summed E-state index contributed by atoms with van der Waals surface area (Å²) in [5.74, 6) is 0.576. The van der Waals surface area contributed by atoms with E-state index in [1.54, 1.807) is 4.80 Å². The van der Waals surface area contributed by atoms with E-state index in [1.807, 2.05) is 48.5 Å². The maximum atomic E-state index is 5.75. The molecule has 0 unspecified atom stereocenters. The second-order valence-corrected chi connectivity index (χ2v) is 5.31. The lowest BCUT2D eigenvalue weighted by Crippen LogP contribution is -2.03. The molecule has 2 N–H and O–H groups in total. The third-order valence-corrected chi connectivity index (χ3v) is 3.30. The molecular weight excluding hydrogens is 318 g/mol. The van der Waals surface area contributed by atoms with Crippen molar-refractivity contribution in [2.24, 2.45) is 0 Å². The highest BCUT2D eigenvalue weighted by molar-refractivity contribution is 9.10. The molecule has 0 amide bonds. The zero-order valence-electron chi connectivity index (χ0n) is 10.6. The quantitative estimate of drug-likeness (QED) is 0.750. The van der Waals surface area contributed by atoms with E-state index in [0.29, 0.717) is 18.1 Å². The zero-order chi connectivity index (χ0) is 13.9. The highest BCUT2D eigenvalue weighted by Crippen LogP contribution is 2.17. The van der Waals surface area contributed by atoms with Crippen LogP contribution in [0.4, 0.5) is 5.69 Å². The van der Waals surface area contributed by atoms with Crippen LogP contribution in [0.25, 0.3) is 11.4 Å². The largest absolute Gasteiger partial charge is 0.399 e. The standard InChI is InChI=1S/C14H12BrN5/c15-12-5-1-3-10(7-12)9-20-18-14(17-19-20)11-4-2-6-13(16)8-11/h1-8H,9,16H2. The number of rotatable bonds is 3. The number of nitrogen functional groups attached to an aromatic ring is 1. The Bertz CT molecular complexity index is 738. The van der Waals surface area contributed by atoms with E-state index < -0.39 is 0 Å². The summed E-state index contributed by atoms with van der Waals surface area (Å²) < 4.78 is 1.03. The minimum absolute atomic E-state index is 0.576. The van der Waals surface area contributed by atoms with Gasteiger partial charge >= 0.3 is 0 Å². The summed E-state index contributed by atoms with van der Waals surface area (Å²) in [4.78, 5) is 1.57. The van der Waals surface area contributed by atoms with Crippen molar-refractivity contribution in [2.75, 3.05) is 5.73 Å². The number of anilines is 1. The summed E-state index contributed by atoms with van der Waals surface area (Å²) in [5.41, 5.74) is 8.41. The highest BCUT2D eigenvalue weighted by atomic mass is 79.9. The number of tetrazole rings is 1. The molecule has 0 fully saturated rings. The van der Waals surface area contributed by atoms with E-state index in [4.69, 9.17) is 5.73 Å². The van der Waals surface area contributed by atoms with E-state index >= 15 is 0 Å². The van der Waals surface area contributed by atoms with Gasteiger partial charge in [0, 0.05) is 15.7 Å². The Kier molecular flexibility index (Phi) is 3.47. The molecule has 0 saturated heterocycles. The maximum absolute atomic E-state index is 5.75. The first-order chi connectivity index (χ1) is 9.70. The summed E-state index contributed by atoms with van der Waals surface area (Å²) in [7, 11) is 0. The molecule has 3 rings (SSSR count). The van der Waals surface area contributed by atoms with E-state index in [2.05, 4.69) is 31.3 Å². The normalized spacial score (nSPS) is 10.7. The van der Waals surface area contributed by atoms with Crippen molar-refractivity contribution < 1.29 is 0 Å². The van der Waals surface area contributed by atoms with E-state index in [-0.39, 0.29) is 0 Å². The van der Waals surface area contributed by atoms with Crippen molar-refractivity contribution in [3.05, 3.63) is 58.6 Å². The van der Waals surface area contributed by atoms with Gasteiger partial charge in [0.05, 0.1) is 6.54 Å². The lowest BCUT2D eigenvalue weighted by molar-refractivity contribution is 0.572. The Balaban J connectivity index is 1.84. The Morgan fingerprint density at radius 2 is 1.95 bits per heavy atom. The fraction of sp³-hybridized carbons (Fsp3) is 0.0714. The second kappa shape index (κ2) is 5.42. The first-order valence-electron chi connectivity index (χ1n) is 6.09. The Hall–Kier alpha value is -2.21. The molecule has 3 aromatic rings. The molecule has 0 aliphatic carbocycles. The van der Waals surface area contributed by atoms with Gasteiger partial charge in [0.15, 0.2) is 0 Å². The van der Waals surface area contributed by atoms with Gasteiger partial charge in [-0.1, -0.05) is 40.2 Å². The van der Waals surface area contributed by atoms with Crippen LogP contribution in [0.15, 0.2) is 53.0 Å². The number of aromatic nitrogens is 4. The molecule has 0 aliphatic heterocycles. The predicted molar refractivity (Wildman–Crippen MR) is 80.9 cm³/mol. The lowest BCUT2D eigenvalue weighted by atomic mass is 10.2. The van der Waals surface area contributed by atoms with Crippen molar-refractivity contribution >= 4 is 21.6 Å². The maximum Gasteiger partial charge on any atom is 0.205 e. The van der Waals surface area contributed by atoms with Gasteiger partial charge in [0.2, 0.25) is 5.82 Å². The summed E-state index contributed by atoms with van der Waals surface area (Å²) >= 11 is 3.45. The Morgan fingerprint density at radius 3 is 2.75 bits per heavy atom. The van der Waals surface area contributed by atoms with E-state index in [0.717, 1.165) is 15.6 Å². The van der Waals surface area contributed by atoms with Crippen molar-refractivity contribution in [1.82, 2.24) is 20.2 Å². The summed E-state index contributed by atoms with van der Waals surface area (Å²) in [6.45, 7) is 0.578. The van der Waals surface area contributed by atoms with E-state index in [1.165, 1.54) is 0 Å². The number of nitrogens with two attached hydrogens (primary N) is 1. The molecule has 20 heavy (non-hydrogen) atoms. The average Bonchev–Trinajstić information content (AvgIpc) is 2.87. The first kappa shape index (κ1) is 12.8. The fourth-order valence-corrected chi connectivity index (χ4v) is 2.35. The van der Waals surface area contributed by atoms with Gasteiger partial charge in [-0.2, -0.15) is 4.80 Å². The summed E-state index contributed by atoms with van der Waals surface area (Å²) in [6.07, 6.45) is 0. The van der Waals surface area contributed by atoms with Crippen LogP contribution >= 0.6 is 15.9 Å².